The average Bonchev–Trinajstić information content (AvgIpc) is 2.59. The minimum absolute atomic E-state index is 0.194. The number of nitrogens with one attached hydrogen (secondary N) is 1. The van der Waals surface area contributed by atoms with E-state index >= 15 is 0 Å². The molecule has 4 heteroatoms. The number of ether oxygens (including phenoxy) is 2. The van der Waals surface area contributed by atoms with Crippen LogP contribution >= 0.6 is 0 Å². The van der Waals surface area contributed by atoms with Crippen LogP contribution in [0.2, 0.25) is 0 Å². The molecule has 140 valence electrons. The Hall–Kier alpha value is -2.04. The van der Waals surface area contributed by atoms with Crippen LogP contribution in [-0.4, -0.2) is 45.8 Å². The first-order valence-corrected chi connectivity index (χ1v) is 9.28. The van der Waals surface area contributed by atoms with Gasteiger partial charge in [0, 0.05) is 13.1 Å². The van der Waals surface area contributed by atoms with Crippen molar-refractivity contribution in [3.8, 4) is 11.5 Å². The van der Waals surface area contributed by atoms with Gasteiger partial charge in [0.15, 0.2) is 11.5 Å². The number of aryl methyl sites for hydroxylation is 2. The highest BCUT2D eigenvalue weighted by molar-refractivity contribution is 5.52. The van der Waals surface area contributed by atoms with Gasteiger partial charge in [0.05, 0.1) is 13.2 Å². The fraction of sp³-hybridized carbons (Fsp3) is 0.455. The Labute approximate surface area is 157 Å². The number of benzene rings is 2. The van der Waals surface area contributed by atoms with E-state index in [2.05, 4.69) is 54.4 Å². The lowest BCUT2D eigenvalue weighted by atomic mass is 9.88. The van der Waals surface area contributed by atoms with Crippen molar-refractivity contribution in [2.75, 3.05) is 40.9 Å². The highest BCUT2D eigenvalue weighted by atomic mass is 16.5. The predicted molar refractivity (Wildman–Crippen MR) is 107 cm³/mol. The monoisotopic (exact) mass is 354 g/mol. The summed E-state index contributed by atoms with van der Waals surface area (Å²) < 4.78 is 11.6. The molecule has 26 heavy (non-hydrogen) atoms. The zero-order valence-electron chi connectivity index (χ0n) is 16.6. The summed E-state index contributed by atoms with van der Waals surface area (Å²) in [6, 6.07) is 11.3. The maximum Gasteiger partial charge on any atom is 0.161 e. The summed E-state index contributed by atoms with van der Waals surface area (Å²) in [6.45, 7) is 6.80. The summed E-state index contributed by atoms with van der Waals surface area (Å²) in [4.78, 5) is 2.12. The van der Waals surface area contributed by atoms with Gasteiger partial charge in [0.2, 0.25) is 0 Å². The van der Waals surface area contributed by atoms with Crippen molar-refractivity contribution in [2.45, 2.75) is 26.3 Å². The van der Waals surface area contributed by atoms with Gasteiger partial charge in [0.25, 0.3) is 0 Å². The van der Waals surface area contributed by atoms with Crippen molar-refractivity contribution >= 4 is 0 Å². The molecule has 3 rings (SSSR count). The molecular formula is C22H30N2O2. The van der Waals surface area contributed by atoms with Crippen LogP contribution in [0, 0.1) is 13.8 Å². The van der Waals surface area contributed by atoms with Crippen LogP contribution in [-0.2, 0) is 6.42 Å². The standard InChI is InChI=1S/C22H30N2O2/c1-15-10-16(2)12-18(11-15)22-19-14-21(26-9-8-24(3)4)20(25-5)13-17(19)6-7-23-22/h10-14,22-23H,6-9H2,1-5H3. The second kappa shape index (κ2) is 8.11. The maximum absolute atomic E-state index is 6.04. The number of hydrogen-bond acceptors (Lipinski definition) is 4. The van der Waals surface area contributed by atoms with Gasteiger partial charge in [-0.25, -0.2) is 0 Å². The second-order valence-electron chi connectivity index (χ2n) is 7.41. The molecule has 2 aromatic rings. The van der Waals surface area contributed by atoms with Gasteiger partial charge in [0.1, 0.15) is 6.61 Å². The van der Waals surface area contributed by atoms with Crippen LogP contribution in [0.1, 0.15) is 33.9 Å². The first kappa shape index (κ1) is 18.7. The molecule has 0 spiro atoms. The third-order valence-corrected chi connectivity index (χ3v) is 4.85. The van der Waals surface area contributed by atoms with E-state index in [4.69, 9.17) is 9.47 Å². The molecule has 1 aliphatic rings. The molecule has 0 bridgehead atoms. The Balaban J connectivity index is 1.96. The van der Waals surface area contributed by atoms with Crippen molar-refractivity contribution in [3.05, 3.63) is 58.1 Å². The number of likely N-dealkylation sites (N-methyl/N-ethyl adjacent to an activating group) is 1. The van der Waals surface area contributed by atoms with Crippen LogP contribution in [0.25, 0.3) is 0 Å². The quantitative estimate of drug-likeness (QED) is 0.861. The lowest BCUT2D eigenvalue weighted by Crippen LogP contribution is -2.31. The van der Waals surface area contributed by atoms with Crippen LogP contribution in [0.3, 0.4) is 0 Å². The van der Waals surface area contributed by atoms with E-state index in [1.807, 2.05) is 14.1 Å². The van der Waals surface area contributed by atoms with Crippen molar-refractivity contribution in [1.82, 2.24) is 10.2 Å². The van der Waals surface area contributed by atoms with Crippen molar-refractivity contribution in [3.63, 3.8) is 0 Å². The topological polar surface area (TPSA) is 33.7 Å². The number of fused-ring (bicyclic) bond motifs is 1. The minimum Gasteiger partial charge on any atom is -0.493 e. The summed E-state index contributed by atoms with van der Waals surface area (Å²) in [5.74, 6) is 1.65. The Morgan fingerprint density at radius 2 is 1.77 bits per heavy atom. The van der Waals surface area contributed by atoms with Gasteiger partial charge in [-0.3, -0.25) is 0 Å². The van der Waals surface area contributed by atoms with Gasteiger partial charge in [-0.2, -0.15) is 0 Å². The lowest BCUT2D eigenvalue weighted by Gasteiger charge is -2.29. The summed E-state index contributed by atoms with van der Waals surface area (Å²) in [5, 5.41) is 3.68. The first-order chi connectivity index (χ1) is 12.5. The first-order valence-electron chi connectivity index (χ1n) is 9.28. The summed E-state index contributed by atoms with van der Waals surface area (Å²) >= 11 is 0. The van der Waals surface area contributed by atoms with E-state index in [1.54, 1.807) is 7.11 Å². The summed E-state index contributed by atoms with van der Waals surface area (Å²) in [5.41, 5.74) is 6.54. The SMILES string of the molecule is COc1cc2c(cc1OCCN(C)C)C(c1cc(C)cc(C)c1)NCC2. The Morgan fingerprint density at radius 1 is 1.04 bits per heavy atom. The van der Waals surface area contributed by atoms with Gasteiger partial charge in [-0.15, -0.1) is 0 Å². The smallest absolute Gasteiger partial charge is 0.161 e. The highest BCUT2D eigenvalue weighted by Gasteiger charge is 2.24. The molecule has 1 aliphatic heterocycles. The van der Waals surface area contributed by atoms with E-state index < -0.39 is 0 Å². The van der Waals surface area contributed by atoms with Crippen molar-refractivity contribution < 1.29 is 9.47 Å². The van der Waals surface area contributed by atoms with E-state index in [1.165, 1.54) is 27.8 Å². The molecule has 1 N–H and O–H groups in total. The molecule has 4 nitrogen and oxygen atoms in total. The molecule has 1 heterocycles. The van der Waals surface area contributed by atoms with Gasteiger partial charge >= 0.3 is 0 Å². The van der Waals surface area contributed by atoms with E-state index in [9.17, 15) is 0 Å². The Bertz CT molecular complexity index is 751. The lowest BCUT2D eigenvalue weighted by molar-refractivity contribution is 0.250. The molecule has 0 saturated heterocycles. The van der Waals surface area contributed by atoms with E-state index in [0.29, 0.717) is 6.61 Å². The zero-order chi connectivity index (χ0) is 18.7. The molecular weight excluding hydrogens is 324 g/mol. The Morgan fingerprint density at radius 3 is 2.42 bits per heavy atom. The predicted octanol–water partition coefficient (Wildman–Crippen LogP) is 3.49. The average molecular weight is 354 g/mol. The van der Waals surface area contributed by atoms with E-state index in [-0.39, 0.29) is 6.04 Å². The number of hydrogen-bond donors (Lipinski definition) is 1. The molecule has 0 aliphatic carbocycles. The molecule has 0 fully saturated rings. The summed E-state index contributed by atoms with van der Waals surface area (Å²) in [7, 11) is 5.81. The molecule has 2 aromatic carbocycles. The van der Waals surface area contributed by atoms with Crippen LogP contribution in [0.5, 0.6) is 11.5 Å². The molecule has 1 unspecified atom stereocenters. The van der Waals surface area contributed by atoms with Crippen LogP contribution in [0.4, 0.5) is 0 Å². The largest absolute Gasteiger partial charge is 0.493 e. The third-order valence-electron chi connectivity index (χ3n) is 4.85. The van der Waals surface area contributed by atoms with Gasteiger partial charge in [-0.1, -0.05) is 29.3 Å². The highest BCUT2D eigenvalue weighted by Crippen LogP contribution is 2.37. The van der Waals surface area contributed by atoms with Crippen LogP contribution in [0.15, 0.2) is 30.3 Å². The van der Waals surface area contributed by atoms with Gasteiger partial charge in [-0.05, 0) is 63.2 Å². The van der Waals surface area contributed by atoms with Crippen molar-refractivity contribution in [1.29, 1.82) is 0 Å². The normalized spacial score (nSPS) is 16.5. The number of nitrogens with zero attached hydrogens (tertiary/aromatic N) is 1. The molecule has 0 saturated carbocycles. The number of rotatable bonds is 6. The van der Waals surface area contributed by atoms with E-state index in [0.717, 1.165) is 31.0 Å². The van der Waals surface area contributed by atoms with Crippen molar-refractivity contribution in [2.24, 2.45) is 0 Å². The Kier molecular flexibility index (Phi) is 5.84. The fourth-order valence-corrected chi connectivity index (χ4v) is 3.65. The van der Waals surface area contributed by atoms with Crippen LogP contribution < -0.4 is 14.8 Å². The molecule has 1 atom stereocenters. The second-order valence-corrected chi connectivity index (χ2v) is 7.41. The maximum atomic E-state index is 6.04. The minimum atomic E-state index is 0.194. The van der Waals surface area contributed by atoms with Gasteiger partial charge < -0.3 is 19.7 Å². The molecule has 0 radical (unpaired) electrons. The summed E-state index contributed by atoms with van der Waals surface area (Å²) in [6.07, 6.45) is 1.00. The fourth-order valence-electron chi connectivity index (χ4n) is 3.65. The zero-order valence-corrected chi connectivity index (χ0v) is 16.6. The molecule has 0 amide bonds. The number of methoxy groups -OCH3 is 1. The molecule has 0 aromatic heterocycles. The third kappa shape index (κ3) is 4.19.